The molecule has 0 radical (unpaired) electrons. The molecule has 0 aromatic carbocycles. The molecule has 0 saturated carbocycles. The maximum atomic E-state index is 13.1. The molecule has 1 aromatic rings. The van der Waals surface area contributed by atoms with Crippen molar-refractivity contribution in [3.63, 3.8) is 0 Å². The van der Waals surface area contributed by atoms with Gasteiger partial charge in [0.25, 0.3) is 0 Å². The Morgan fingerprint density at radius 1 is 1.36 bits per heavy atom. The van der Waals surface area contributed by atoms with E-state index in [9.17, 15) is 4.39 Å². The van der Waals surface area contributed by atoms with Crippen LogP contribution in [0.25, 0.3) is 12.2 Å². The van der Waals surface area contributed by atoms with Crippen molar-refractivity contribution < 1.29 is 4.39 Å². The van der Waals surface area contributed by atoms with Crippen LogP contribution in [0.4, 0.5) is 4.39 Å². The highest BCUT2D eigenvalue weighted by atomic mass is 32.1. The number of hydrogen-bond donors (Lipinski definition) is 0. The standard InChI is InChI=1S/C9H9FS/c1-4-7-8(5-2)11-6(3)9(7)10/h4-5H,1-2H2,3H3. The predicted molar refractivity (Wildman–Crippen MR) is 49.2 cm³/mol. The monoisotopic (exact) mass is 168 g/mol. The molecule has 0 fully saturated rings. The smallest absolute Gasteiger partial charge is 0.144 e. The molecule has 0 aliphatic rings. The van der Waals surface area contributed by atoms with Crippen molar-refractivity contribution in [1.29, 1.82) is 0 Å². The molecule has 0 aliphatic carbocycles. The van der Waals surface area contributed by atoms with Crippen LogP contribution < -0.4 is 0 Å². The lowest BCUT2D eigenvalue weighted by atomic mass is 10.2. The fourth-order valence-electron chi connectivity index (χ4n) is 0.904. The molecule has 0 aliphatic heterocycles. The van der Waals surface area contributed by atoms with Gasteiger partial charge in [-0.25, -0.2) is 4.39 Å². The minimum absolute atomic E-state index is 0.167. The van der Waals surface area contributed by atoms with Gasteiger partial charge in [-0.3, -0.25) is 0 Å². The summed E-state index contributed by atoms with van der Waals surface area (Å²) in [5.74, 6) is -0.167. The summed E-state index contributed by atoms with van der Waals surface area (Å²) in [7, 11) is 0. The lowest BCUT2D eigenvalue weighted by Crippen LogP contribution is -1.76. The highest BCUT2D eigenvalue weighted by molar-refractivity contribution is 7.13. The zero-order chi connectivity index (χ0) is 8.43. The van der Waals surface area contributed by atoms with E-state index in [2.05, 4.69) is 13.2 Å². The van der Waals surface area contributed by atoms with Crippen molar-refractivity contribution in [2.75, 3.05) is 0 Å². The molecule has 1 heterocycles. The number of aryl methyl sites for hydroxylation is 1. The molecule has 0 amide bonds. The van der Waals surface area contributed by atoms with Gasteiger partial charge in [0.1, 0.15) is 5.82 Å². The van der Waals surface area contributed by atoms with Crippen molar-refractivity contribution in [1.82, 2.24) is 0 Å². The molecule has 0 unspecified atom stereocenters. The summed E-state index contributed by atoms with van der Waals surface area (Å²) in [6, 6.07) is 0. The minimum Gasteiger partial charge on any atom is -0.205 e. The maximum absolute atomic E-state index is 13.1. The van der Waals surface area contributed by atoms with Gasteiger partial charge in [0.05, 0.1) is 0 Å². The zero-order valence-corrected chi connectivity index (χ0v) is 7.17. The van der Waals surface area contributed by atoms with Crippen LogP contribution in [0.3, 0.4) is 0 Å². The Bertz CT molecular complexity index is 297. The lowest BCUT2D eigenvalue weighted by Gasteiger charge is -1.88. The molecule has 0 spiro atoms. The van der Waals surface area contributed by atoms with Crippen molar-refractivity contribution >= 4 is 23.5 Å². The first kappa shape index (κ1) is 8.21. The summed E-state index contributed by atoms with van der Waals surface area (Å²) < 4.78 is 13.1. The van der Waals surface area contributed by atoms with E-state index in [-0.39, 0.29) is 5.82 Å². The second-order valence-corrected chi connectivity index (χ2v) is 3.41. The van der Waals surface area contributed by atoms with Gasteiger partial charge in [0.2, 0.25) is 0 Å². The van der Waals surface area contributed by atoms with Crippen molar-refractivity contribution in [3.05, 3.63) is 34.3 Å². The lowest BCUT2D eigenvalue weighted by molar-refractivity contribution is 0.623. The third-order valence-electron chi connectivity index (χ3n) is 1.46. The Kier molecular flexibility index (Phi) is 2.25. The molecule has 0 atom stereocenters. The summed E-state index contributed by atoms with van der Waals surface area (Å²) in [6.07, 6.45) is 3.17. The second kappa shape index (κ2) is 3.01. The molecule has 0 saturated heterocycles. The quantitative estimate of drug-likeness (QED) is 0.634. The van der Waals surface area contributed by atoms with Crippen LogP contribution in [0.2, 0.25) is 0 Å². The molecule has 58 valence electrons. The Morgan fingerprint density at radius 3 is 2.36 bits per heavy atom. The molecule has 2 heteroatoms. The van der Waals surface area contributed by atoms with Gasteiger partial charge >= 0.3 is 0 Å². The SMILES string of the molecule is C=Cc1sc(C)c(F)c1C=C. The Balaban J connectivity index is 3.37. The van der Waals surface area contributed by atoms with E-state index >= 15 is 0 Å². The highest BCUT2D eigenvalue weighted by Crippen LogP contribution is 2.27. The van der Waals surface area contributed by atoms with Gasteiger partial charge in [-0.2, -0.15) is 0 Å². The van der Waals surface area contributed by atoms with E-state index in [1.54, 1.807) is 13.0 Å². The van der Waals surface area contributed by atoms with Gasteiger partial charge in [-0.15, -0.1) is 11.3 Å². The summed E-state index contributed by atoms with van der Waals surface area (Å²) >= 11 is 1.40. The largest absolute Gasteiger partial charge is 0.205 e. The van der Waals surface area contributed by atoms with Gasteiger partial charge in [-0.1, -0.05) is 25.3 Å². The normalized spacial score (nSPS) is 9.64. The average molecular weight is 168 g/mol. The first-order valence-electron chi connectivity index (χ1n) is 3.24. The van der Waals surface area contributed by atoms with Crippen LogP contribution in [0.5, 0.6) is 0 Å². The summed E-state index contributed by atoms with van der Waals surface area (Å²) in [6.45, 7) is 8.87. The van der Waals surface area contributed by atoms with Gasteiger partial charge < -0.3 is 0 Å². The molecule has 1 aromatic heterocycles. The molecule has 0 bridgehead atoms. The maximum Gasteiger partial charge on any atom is 0.144 e. The number of halogens is 1. The fourth-order valence-corrected chi connectivity index (χ4v) is 1.80. The third kappa shape index (κ3) is 1.26. The molecule has 11 heavy (non-hydrogen) atoms. The third-order valence-corrected chi connectivity index (χ3v) is 2.56. The van der Waals surface area contributed by atoms with Crippen LogP contribution in [0.1, 0.15) is 15.3 Å². The summed E-state index contributed by atoms with van der Waals surface area (Å²) in [4.78, 5) is 1.55. The van der Waals surface area contributed by atoms with E-state index in [1.165, 1.54) is 17.4 Å². The average Bonchev–Trinajstić information content (AvgIpc) is 2.28. The van der Waals surface area contributed by atoms with E-state index < -0.39 is 0 Å². The van der Waals surface area contributed by atoms with Crippen LogP contribution in [-0.4, -0.2) is 0 Å². The Labute approximate surface area is 69.7 Å². The van der Waals surface area contributed by atoms with Gasteiger partial charge in [0, 0.05) is 15.3 Å². The number of rotatable bonds is 2. The molecule has 0 N–H and O–H groups in total. The first-order valence-corrected chi connectivity index (χ1v) is 4.06. The van der Waals surface area contributed by atoms with E-state index in [0.717, 1.165) is 4.88 Å². The molecular weight excluding hydrogens is 159 g/mol. The number of thiophene rings is 1. The van der Waals surface area contributed by atoms with E-state index in [0.29, 0.717) is 10.4 Å². The Hall–Kier alpha value is -0.890. The first-order chi connectivity index (χ1) is 5.20. The van der Waals surface area contributed by atoms with Crippen LogP contribution in [0.15, 0.2) is 13.2 Å². The minimum atomic E-state index is -0.167. The van der Waals surface area contributed by atoms with Crippen LogP contribution >= 0.6 is 11.3 Å². The van der Waals surface area contributed by atoms with Crippen LogP contribution in [-0.2, 0) is 0 Å². The molecule has 1 rings (SSSR count). The number of hydrogen-bond acceptors (Lipinski definition) is 1. The molecule has 0 nitrogen and oxygen atoms in total. The van der Waals surface area contributed by atoms with Gasteiger partial charge in [0.15, 0.2) is 0 Å². The van der Waals surface area contributed by atoms with Crippen molar-refractivity contribution in [2.45, 2.75) is 6.92 Å². The predicted octanol–water partition coefficient (Wildman–Crippen LogP) is 3.48. The summed E-state index contributed by atoms with van der Waals surface area (Å²) in [5.41, 5.74) is 0.572. The second-order valence-electron chi connectivity index (χ2n) is 2.16. The van der Waals surface area contributed by atoms with Gasteiger partial charge in [-0.05, 0) is 6.92 Å². The molecular formula is C9H9FS. The van der Waals surface area contributed by atoms with Crippen molar-refractivity contribution in [2.24, 2.45) is 0 Å². The van der Waals surface area contributed by atoms with Crippen molar-refractivity contribution in [3.8, 4) is 0 Å². The highest BCUT2D eigenvalue weighted by Gasteiger charge is 2.09. The van der Waals surface area contributed by atoms with Crippen LogP contribution in [0, 0.1) is 12.7 Å². The summed E-state index contributed by atoms with van der Waals surface area (Å²) in [5, 5.41) is 0. The topological polar surface area (TPSA) is 0 Å². The Morgan fingerprint density at radius 2 is 2.00 bits per heavy atom. The van der Waals surface area contributed by atoms with E-state index in [1.807, 2.05) is 0 Å². The fraction of sp³-hybridized carbons (Fsp3) is 0.111. The zero-order valence-electron chi connectivity index (χ0n) is 6.36. The van der Waals surface area contributed by atoms with E-state index in [4.69, 9.17) is 0 Å².